The third kappa shape index (κ3) is 4.43. The molecule has 1 aromatic carbocycles. The number of hydrogen-bond donors (Lipinski definition) is 1. The molecule has 7 nitrogen and oxygen atoms in total. The van der Waals surface area contributed by atoms with Crippen LogP contribution >= 0.6 is 11.6 Å². The Bertz CT molecular complexity index is 945. The minimum Gasteiger partial charge on any atom is -0.463 e. The molecule has 1 amide bonds. The Morgan fingerprint density at radius 2 is 2.11 bits per heavy atom. The standard InChI is InChI=1S/C20H23ClN4O3/c1-3-24-19-16(13-22-24)12-18(21)23-17(19)10-7-11-28-25(20(26)27)14(2)15-8-5-4-6-9-15/h4-6,8-9,12-14H,3,7,10-11H2,1-2H3,(H,26,27). The molecular formula is C20H23ClN4O3. The zero-order valence-corrected chi connectivity index (χ0v) is 16.6. The third-order valence-electron chi connectivity index (χ3n) is 4.57. The van der Waals surface area contributed by atoms with Crippen molar-refractivity contribution in [3.8, 4) is 0 Å². The quantitative estimate of drug-likeness (QED) is 0.335. The van der Waals surface area contributed by atoms with E-state index >= 15 is 0 Å². The molecule has 0 aliphatic carbocycles. The highest BCUT2D eigenvalue weighted by molar-refractivity contribution is 6.30. The van der Waals surface area contributed by atoms with Gasteiger partial charge in [-0.15, -0.1) is 0 Å². The van der Waals surface area contributed by atoms with E-state index in [1.807, 2.05) is 41.9 Å². The summed E-state index contributed by atoms with van der Waals surface area (Å²) in [7, 11) is 0. The van der Waals surface area contributed by atoms with E-state index in [0.717, 1.165) is 33.8 Å². The SMILES string of the molecule is CCn1ncc2cc(Cl)nc(CCCON(C(=O)O)C(C)c3ccccc3)c21. The molecule has 0 saturated carbocycles. The Morgan fingerprint density at radius 3 is 2.79 bits per heavy atom. The second-order valence-corrected chi connectivity index (χ2v) is 6.81. The smallest absolute Gasteiger partial charge is 0.432 e. The van der Waals surface area contributed by atoms with Crippen molar-refractivity contribution in [1.82, 2.24) is 19.8 Å². The van der Waals surface area contributed by atoms with Gasteiger partial charge in [-0.25, -0.2) is 9.78 Å². The first-order chi connectivity index (χ1) is 13.5. The molecule has 0 bridgehead atoms. The van der Waals surface area contributed by atoms with Gasteiger partial charge in [0.15, 0.2) is 0 Å². The number of nitrogens with zero attached hydrogens (tertiary/aromatic N) is 4. The van der Waals surface area contributed by atoms with Gasteiger partial charge in [-0.1, -0.05) is 41.9 Å². The molecule has 0 aliphatic rings. The predicted octanol–water partition coefficient (Wildman–Crippen LogP) is 4.71. The van der Waals surface area contributed by atoms with E-state index in [4.69, 9.17) is 16.4 Å². The topological polar surface area (TPSA) is 80.5 Å². The van der Waals surface area contributed by atoms with Crippen molar-refractivity contribution in [2.75, 3.05) is 6.61 Å². The minimum absolute atomic E-state index is 0.249. The van der Waals surface area contributed by atoms with Crippen LogP contribution in [-0.4, -0.2) is 37.6 Å². The number of rotatable bonds is 8. The number of aromatic nitrogens is 3. The van der Waals surface area contributed by atoms with E-state index in [9.17, 15) is 9.90 Å². The molecule has 0 spiro atoms. The molecule has 0 aliphatic heterocycles. The Balaban J connectivity index is 1.65. The summed E-state index contributed by atoms with van der Waals surface area (Å²) in [6.45, 7) is 4.80. The van der Waals surface area contributed by atoms with Crippen LogP contribution in [0.1, 0.15) is 37.6 Å². The second-order valence-electron chi connectivity index (χ2n) is 6.42. The first-order valence-corrected chi connectivity index (χ1v) is 9.60. The lowest BCUT2D eigenvalue weighted by atomic mass is 10.1. The van der Waals surface area contributed by atoms with Crippen molar-refractivity contribution in [3.05, 3.63) is 59.0 Å². The number of carbonyl (C=O) groups is 1. The van der Waals surface area contributed by atoms with Gasteiger partial charge in [-0.3, -0.25) is 9.52 Å². The number of hydrogen-bond acceptors (Lipinski definition) is 4. The number of halogens is 1. The van der Waals surface area contributed by atoms with Gasteiger partial charge in [0.1, 0.15) is 5.15 Å². The van der Waals surface area contributed by atoms with Gasteiger partial charge in [0, 0.05) is 11.9 Å². The predicted molar refractivity (Wildman–Crippen MR) is 107 cm³/mol. The van der Waals surface area contributed by atoms with Crippen LogP contribution in [0.2, 0.25) is 5.15 Å². The lowest BCUT2D eigenvalue weighted by molar-refractivity contribution is -0.155. The molecule has 1 unspecified atom stereocenters. The molecule has 2 aromatic heterocycles. The summed E-state index contributed by atoms with van der Waals surface area (Å²) in [4.78, 5) is 21.6. The maximum absolute atomic E-state index is 11.6. The fourth-order valence-corrected chi connectivity index (χ4v) is 3.40. The lowest BCUT2D eigenvalue weighted by Crippen LogP contribution is -2.32. The van der Waals surface area contributed by atoms with Crippen molar-refractivity contribution >= 4 is 28.6 Å². The average molecular weight is 403 g/mol. The van der Waals surface area contributed by atoms with Gasteiger partial charge in [0.05, 0.1) is 30.1 Å². The van der Waals surface area contributed by atoms with Crippen LogP contribution in [0.15, 0.2) is 42.6 Å². The van der Waals surface area contributed by atoms with Crippen molar-refractivity contribution in [2.24, 2.45) is 0 Å². The van der Waals surface area contributed by atoms with Crippen LogP contribution in [-0.2, 0) is 17.8 Å². The molecule has 28 heavy (non-hydrogen) atoms. The van der Waals surface area contributed by atoms with E-state index < -0.39 is 12.1 Å². The highest BCUT2D eigenvalue weighted by atomic mass is 35.5. The van der Waals surface area contributed by atoms with E-state index in [2.05, 4.69) is 10.1 Å². The summed E-state index contributed by atoms with van der Waals surface area (Å²) < 4.78 is 1.88. The number of hydroxylamine groups is 2. The Kier molecular flexibility index (Phi) is 6.49. The van der Waals surface area contributed by atoms with Crippen molar-refractivity contribution in [3.63, 3.8) is 0 Å². The second kappa shape index (κ2) is 9.03. The normalized spacial score (nSPS) is 12.2. The van der Waals surface area contributed by atoms with Crippen LogP contribution in [0.4, 0.5) is 4.79 Å². The molecular weight excluding hydrogens is 380 g/mol. The minimum atomic E-state index is -1.12. The molecule has 3 rings (SSSR count). The van der Waals surface area contributed by atoms with Gasteiger partial charge < -0.3 is 5.11 Å². The molecule has 0 fully saturated rings. The maximum atomic E-state index is 11.6. The number of benzene rings is 1. The zero-order chi connectivity index (χ0) is 20.1. The molecule has 2 heterocycles. The summed E-state index contributed by atoms with van der Waals surface area (Å²) in [5.41, 5.74) is 2.66. The Labute approximate surface area is 168 Å². The van der Waals surface area contributed by atoms with Crippen molar-refractivity contribution in [2.45, 2.75) is 39.3 Å². The molecule has 0 saturated heterocycles. The number of aryl methyl sites for hydroxylation is 2. The summed E-state index contributed by atoms with van der Waals surface area (Å²) in [5, 5.41) is 16.2. The van der Waals surface area contributed by atoms with E-state index in [1.54, 1.807) is 19.2 Å². The van der Waals surface area contributed by atoms with E-state index in [0.29, 0.717) is 18.0 Å². The van der Waals surface area contributed by atoms with Crippen LogP contribution < -0.4 is 0 Å². The summed E-state index contributed by atoms with van der Waals surface area (Å²) in [6, 6.07) is 10.8. The first kappa shape index (κ1) is 20.1. The van der Waals surface area contributed by atoms with Crippen LogP contribution in [0.5, 0.6) is 0 Å². The van der Waals surface area contributed by atoms with Crippen LogP contribution in [0.3, 0.4) is 0 Å². The third-order valence-corrected chi connectivity index (χ3v) is 4.76. The average Bonchev–Trinajstić information content (AvgIpc) is 3.10. The maximum Gasteiger partial charge on any atom is 0.432 e. The fraction of sp³-hybridized carbons (Fsp3) is 0.350. The molecule has 1 N–H and O–H groups in total. The number of amides is 1. The summed E-state index contributed by atoms with van der Waals surface area (Å²) >= 11 is 6.13. The molecule has 0 radical (unpaired) electrons. The van der Waals surface area contributed by atoms with Gasteiger partial charge in [0.2, 0.25) is 0 Å². The monoisotopic (exact) mass is 402 g/mol. The van der Waals surface area contributed by atoms with Gasteiger partial charge in [-0.05, 0) is 38.3 Å². The Morgan fingerprint density at radius 1 is 1.36 bits per heavy atom. The molecule has 148 valence electrons. The van der Waals surface area contributed by atoms with Crippen molar-refractivity contribution in [1.29, 1.82) is 0 Å². The van der Waals surface area contributed by atoms with E-state index in [-0.39, 0.29) is 6.61 Å². The summed E-state index contributed by atoms with van der Waals surface area (Å²) in [6.07, 6.45) is 1.86. The number of fused-ring (bicyclic) bond motifs is 1. The molecule has 1 atom stereocenters. The van der Waals surface area contributed by atoms with E-state index in [1.165, 1.54) is 0 Å². The highest BCUT2D eigenvalue weighted by Gasteiger charge is 2.22. The zero-order valence-electron chi connectivity index (χ0n) is 15.9. The fourth-order valence-electron chi connectivity index (χ4n) is 3.18. The van der Waals surface area contributed by atoms with Gasteiger partial charge in [0.25, 0.3) is 0 Å². The van der Waals surface area contributed by atoms with Crippen molar-refractivity contribution < 1.29 is 14.7 Å². The van der Waals surface area contributed by atoms with Crippen LogP contribution in [0.25, 0.3) is 10.9 Å². The molecule has 3 aromatic rings. The summed E-state index contributed by atoms with van der Waals surface area (Å²) in [5.74, 6) is 0. The molecule has 8 heteroatoms. The van der Waals surface area contributed by atoms with Gasteiger partial charge in [-0.2, -0.15) is 10.2 Å². The number of pyridine rings is 1. The first-order valence-electron chi connectivity index (χ1n) is 9.22. The van der Waals surface area contributed by atoms with Crippen LogP contribution in [0, 0.1) is 0 Å². The highest BCUT2D eigenvalue weighted by Crippen LogP contribution is 2.23. The number of carboxylic acid groups (broad SMARTS) is 1. The largest absolute Gasteiger partial charge is 0.463 e. The lowest BCUT2D eigenvalue weighted by Gasteiger charge is -2.25. The Hall–Kier alpha value is -2.64. The van der Waals surface area contributed by atoms with Gasteiger partial charge >= 0.3 is 6.09 Å².